The summed E-state index contributed by atoms with van der Waals surface area (Å²) in [5.41, 5.74) is 2.11. The van der Waals surface area contributed by atoms with E-state index in [1.54, 1.807) is 11.0 Å². The molecule has 0 bridgehead atoms. The number of hydrogen-bond donors (Lipinski definition) is 0. The Labute approximate surface area is 180 Å². The smallest absolute Gasteiger partial charge is 0.274 e. The maximum absolute atomic E-state index is 13.4. The van der Waals surface area contributed by atoms with Gasteiger partial charge >= 0.3 is 0 Å². The molecule has 1 amide bonds. The molecule has 0 spiro atoms. The summed E-state index contributed by atoms with van der Waals surface area (Å²) in [6.45, 7) is 5.94. The molecule has 1 aromatic heterocycles. The lowest BCUT2D eigenvalue weighted by Gasteiger charge is -2.28. The van der Waals surface area contributed by atoms with Gasteiger partial charge in [0, 0.05) is 18.3 Å². The number of benzene rings is 1. The molecule has 2 heterocycles. The van der Waals surface area contributed by atoms with Crippen molar-refractivity contribution >= 4 is 39.1 Å². The third kappa shape index (κ3) is 5.58. The number of carbonyl (C=O) groups excluding carboxylic acids is 1. The fraction of sp³-hybridized carbons (Fsp3) is 0.350. The first-order chi connectivity index (χ1) is 13.8. The highest BCUT2D eigenvalue weighted by atomic mass is 35.5. The first-order valence-electron chi connectivity index (χ1n) is 9.12. The standard InChI is InChI=1S/C20H22ClN3O3S2/c1-3-9-28-20-22-11-17(21)18(23-20)19(25)24(16-8-10-29(26,27)13-16)12-15-6-4-14(2)5-7-15/h3-7,11,16H,1,8-10,12-13H2,2H3/t16-/m0/s1. The van der Waals surface area contributed by atoms with Crippen molar-refractivity contribution in [2.45, 2.75) is 31.1 Å². The summed E-state index contributed by atoms with van der Waals surface area (Å²) in [6.07, 6.45) is 3.53. The quantitative estimate of drug-likeness (QED) is 0.364. The van der Waals surface area contributed by atoms with Crippen molar-refractivity contribution in [3.63, 3.8) is 0 Å². The molecule has 1 aliphatic rings. The maximum atomic E-state index is 13.4. The highest BCUT2D eigenvalue weighted by Gasteiger charge is 2.36. The largest absolute Gasteiger partial charge is 0.329 e. The molecule has 0 unspecified atom stereocenters. The van der Waals surface area contributed by atoms with Gasteiger partial charge in [0.15, 0.2) is 20.7 Å². The molecule has 0 N–H and O–H groups in total. The Morgan fingerprint density at radius 3 is 2.72 bits per heavy atom. The van der Waals surface area contributed by atoms with Crippen LogP contribution < -0.4 is 0 Å². The van der Waals surface area contributed by atoms with E-state index in [1.807, 2.05) is 31.2 Å². The molecule has 154 valence electrons. The van der Waals surface area contributed by atoms with Crippen LogP contribution in [0.2, 0.25) is 5.02 Å². The first kappa shape index (κ1) is 21.8. The van der Waals surface area contributed by atoms with Crippen LogP contribution in [-0.2, 0) is 16.4 Å². The second kappa shape index (κ2) is 9.28. The topological polar surface area (TPSA) is 80.2 Å². The molecule has 1 aromatic carbocycles. The van der Waals surface area contributed by atoms with Gasteiger partial charge < -0.3 is 4.90 Å². The lowest BCUT2D eigenvalue weighted by molar-refractivity contribution is 0.0674. The zero-order valence-electron chi connectivity index (χ0n) is 16.0. The van der Waals surface area contributed by atoms with Crippen molar-refractivity contribution in [2.24, 2.45) is 0 Å². The number of thioether (sulfide) groups is 1. The molecule has 0 aliphatic carbocycles. The van der Waals surface area contributed by atoms with E-state index in [4.69, 9.17) is 11.6 Å². The molecular formula is C20H22ClN3O3S2. The van der Waals surface area contributed by atoms with Gasteiger partial charge in [-0.15, -0.1) is 6.58 Å². The normalized spacial score (nSPS) is 17.8. The van der Waals surface area contributed by atoms with Gasteiger partial charge in [-0.05, 0) is 18.9 Å². The van der Waals surface area contributed by atoms with Crippen LogP contribution in [0.5, 0.6) is 0 Å². The maximum Gasteiger partial charge on any atom is 0.274 e. The summed E-state index contributed by atoms with van der Waals surface area (Å²) in [6, 6.07) is 7.39. The van der Waals surface area contributed by atoms with Crippen molar-refractivity contribution in [3.8, 4) is 0 Å². The lowest BCUT2D eigenvalue weighted by Crippen LogP contribution is -2.41. The van der Waals surface area contributed by atoms with Crippen LogP contribution in [0.25, 0.3) is 0 Å². The average molecular weight is 452 g/mol. The van der Waals surface area contributed by atoms with Gasteiger partial charge in [-0.3, -0.25) is 4.79 Å². The predicted octanol–water partition coefficient (Wildman–Crippen LogP) is 3.55. The Kier molecular flexibility index (Phi) is 6.97. The molecule has 0 radical (unpaired) electrons. The minimum absolute atomic E-state index is 0.0502. The first-order valence-corrected chi connectivity index (χ1v) is 12.3. The van der Waals surface area contributed by atoms with Crippen LogP contribution in [0, 0.1) is 6.92 Å². The van der Waals surface area contributed by atoms with Crippen molar-refractivity contribution in [1.82, 2.24) is 14.9 Å². The van der Waals surface area contributed by atoms with Crippen LogP contribution in [0.4, 0.5) is 0 Å². The monoisotopic (exact) mass is 451 g/mol. The van der Waals surface area contributed by atoms with Crippen LogP contribution in [-0.4, -0.2) is 52.5 Å². The highest BCUT2D eigenvalue weighted by molar-refractivity contribution is 7.99. The van der Waals surface area contributed by atoms with Gasteiger partial charge in [0.25, 0.3) is 5.91 Å². The minimum Gasteiger partial charge on any atom is -0.329 e. The molecule has 1 aliphatic heterocycles. The summed E-state index contributed by atoms with van der Waals surface area (Å²) >= 11 is 7.58. The summed E-state index contributed by atoms with van der Waals surface area (Å²) in [5, 5.41) is 0.569. The van der Waals surface area contributed by atoms with E-state index >= 15 is 0 Å². The third-order valence-corrected chi connectivity index (χ3v) is 7.52. The van der Waals surface area contributed by atoms with E-state index in [0.717, 1.165) is 11.1 Å². The van der Waals surface area contributed by atoms with E-state index in [2.05, 4.69) is 16.5 Å². The zero-order chi connectivity index (χ0) is 21.0. The number of nitrogens with zero attached hydrogens (tertiary/aromatic N) is 3. The molecular weight excluding hydrogens is 430 g/mol. The van der Waals surface area contributed by atoms with E-state index in [0.29, 0.717) is 17.3 Å². The van der Waals surface area contributed by atoms with Gasteiger partial charge in [-0.1, -0.05) is 59.3 Å². The molecule has 1 fully saturated rings. The fourth-order valence-corrected chi connectivity index (χ4v) is 5.57. The van der Waals surface area contributed by atoms with E-state index in [9.17, 15) is 13.2 Å². The number of aryl methyl sites for hydroxylation is 1. The van der Waals surface area contributed by atoms with Crippen LogP contribution in [0.3, 0.4) is 0 Å². The summed E-state index contributed by atoms with van der Waals surface area (Å²) in [7, 11) is -3.16. The van der Waals surface area contributed by atoms with Gasteiger partial charge in [-0.25, -0.2) is 18.4 Å². The Bertz CT molecular complexity index is 1010. The Morgan fingerprint density at radius 1 is 1.38 bits per heavy atom. The molecule has 1 atom stereocenters. The number of carbonyl (C=O) groups is 1. The van der Waals surface area contributed by atoms with Gasteiger partial charge in [0.2, 0.25) is 0 Å². The number of rotatable bonds is 7. The average Bonchev–Trinajstić information content (AvgIpc) is 3.06. The summed E-state index contributed by atoms with van der Waals surface area (Å²) < 4.78 is 24.1. The zero-order valence-corrected chi connectivity index (χ0v) is 18.4. The Hall–Kier alpha value is -1.90. The third-order valence-electron chi connectivity index (χ3n) is 4.64. The van der Waals surface area contributed by atoms with Crippen molar-refractivity contribution in [1.29, 1.82) is 0 Å². The number of halogens is 1. The second-order valence-electron chi connectivity index (χ2n) is 6.92. The summed E-state index contributed by atoms with van der Waals surface area (Å²) in [5.74, 6) is 0.238. The Morgan fingerprint density at radius 2 is 2.10 bits per heavy atom. The fourth-order valence-electron chi connectivity index (χ4n) is 3.12. The van der Waals surface area contributed by atoms with Gasteiger partial charge in [0.1, 0.15) is 0 Å². The molecule has 3 rings (SSSR count). The minimum atomic E-state index is -3.16. The SMILES string of the molecule is C=CCSc1ncc(Cl)c(C(=O)N(Cc2ccc(C)cc2)[C@H]2CCS(=O)(=O)C2)n1. The van der Waals surface area contributed by atoms with Crippen molar-refractivity contribution in [2.75, 3.05) is 17.3 Å². The van der Waals surface area contributed by atoms with E-state index < -0.39 is 15.9 Å². The second-order valence-corrected chi connectivity index (χ2v) is 10.5. The van der Waals surface area contributed by atoms with E-state index in [-0.39, 0.29) is 34.7 Å². The van der Waals surface area contributed by atoms with Crippen LogP contribution in [0.15, 0.2) is 48.3 Å². The predicted molar refractivity (Wildman–Crippen MR) is 116 cm³/mol. The van der Waals surface area contributed by atoms with Crippen LogP contribution in [0.1, 0.15) is 28.0 Å². The van der Waals surface area contributed by atoms with Crippen molar-refractivity contribution < 1.29 is 13.2 Å². The molecule has 1 saturated heterocycles. The Balaban J connectivity index is 1.93. The number of hydrogen-bond acceptors (Lipinski definition) is 6. The van der Waals surface area contributed by atoms with Gasteiger partial charge in [0.05, 0.1) is 22.7 Å². The van der Waals surface area contributed by atoms with Crippen molar-refractivity contribution in [3.05, 3.63) is 65.0 Å². The molecule has 2 aromatic rings. The number of amides is 1. The molecule has 29 heavy (non-hydrogen) atoms. The number of sulfone groups is 1. The number of aromatic nitrogens is 2. The van der Waals surface area contributed by atoms with Crippen LogP contribution >= 0.6 is 23.4 Å². The molecule has 6 nitrogen and oxygen atoms in total. The lowest BCUT2D eigenvalue weighted by atomic mass is 10.1. The highest BCUT2D eigenvalue weighted by Crippen LogP contribution is 2.25. The molecule has 0 saturated carbocycles. The van der Waals surface area contributed by atoms with E-state index in [1.165, 1.54) is 18.0 Å². The van der Waals surface area contributed by atoms with Gasteiger partial charge in [-0.2, -0.15) is 0 Å². The molecule has 9 heteroatoms. The summed E-state index contributed by atoms with van der Waals surface area (Å²) in [4.78, 5) is 23.4.